The third-order valence-corrected chi connectivity index (χ3v) is 7.63. The zero-order valence-corrected chi connectivity index (χ0v) is 25.5. The van der Waals surface area contributed by atoms with Gasteiger partial charge in [-0.2, -0.15) is 0 Å². The summed E-state index contributed by atoms with van der Waals surface area (Å²) < 4.78 is 5.49. The van der Waals surface area contributed by atoms with Gasteiger partial charge < -0.3 is 15.4 Å². The Morgan fingerprint density at radius 1 is 0.902 bits per heavy atom. The first-order valence-corrected chi connectivity index (χ1v) is 14.9. The zero-order chi connectivity index (χ0) is 30.4. The van der Waals surface area contributed by atoms with Crippen LogP contribution in [0.5, 0.6) is 0 Å². The maximum absolute atomic E-state index is 13.6. The van der Waals surface area contributed by atoms with Crippen LogP contribution in [0.2, 0.25) is 0 Å². The fourth-order valence-electron chi connectivity index (χ4n) is 5.48. The molecule has 2 aliphatic rings. The molecule has 2 N–H and O–H groups in total. The SMILES string of the molecule is CC(C)(C)OC(=O)C[C@@H](CCCCN1C(=O)c2ccccc2C1=O)C(=O)NC(C(=O)NC1CCCCC1)C(C)(C)C. The first kappa shape index (κ1) is 32.3. The Labute approximate surface area is 244 Å². The van der Waals surface area contributed by atoms with Gasteiger partial charge in [-0.15, -0.1) is 0 Å². The van der Waals surface area contributed by atoms with Gasteiger partial charge in [0.05, 0.1) is 17.5 Å². The van der Waals surface area contributed by atoms with Crippen LogP contribution in [0.4, 0.5) is 0 Å². The molecule has 41 heavy (non-hydrogen) atoms. The first-order valence-electron chi connectivity index (χ1n) is 14.9. The highest BCUT2D eigenvalue weighted by Gasteiger charge is 2.37. The summed E-state index contributed by atoms with van der Waals surface area (Å²) in [5, 5.41) is 6.07. The number of esters is 1. The predicted molar refractivity (Wildman–Crippen MR) is 156 cm³/mol. The van der Waals surface area contributed by atoms with Gasteiger partial charge in [0, 0.05) is 18.5 Å². The molecule has 0 spiro atoms. The fraction of sp³-hybridized carbons (Fsp3) is 0.656. The molecule has 1 fully saturated rings. The number of benzene rings is 1. The second-order valence-electron chi connectivity index (χ2n) is 13.4. The summed E-state index contributed by atoms with van der Waals surface area (Å²) in [6.45, 7) is 11.3. The number of imide groups is 1. The smallest absolute Gasteiger partial charge is 0.307 e. The van der Waals surface area contributed by atoms with E-state index >= 15 is 0 Å². The first-order chi connectivity index (χ1) is 19.2. The van der Waals surface area contributed by atoms with E-state index < -0.39 is 28.9 Å². The Hall–Kier alpha value is -3.23. The van der Waals surface area contributed by atoms with Crippen LogP contribution in [0.25, 0.3) is 0 Å². The van der Waals surface area contributed by atoms with E-state index in [1.165, 1.54) is 11.3 Å². The molecule has 0 radical (unpaired) electrons. The van der Waals surface area contributed by atoms with Crippen molar-refractivity contribution in [3.63, 3.8) is 0 Å². The normalized spacial score (nSPS) is 17.6. The van der Waals surface area contributed by atoms with E-state index in [9.17, 15) is 24.0 Å². The van der Waals surface area contributed by atoms with Crippen LogP contribution in [0.1, 0.15) is 120 Å². The second-order valence-corrected chi connectivity index (χ2v) is 13.4. The molecule has 9 nitrogen and oxygen atoms in total. The number of ether oxygens (including phenoxy) is 1. The average molecular weight is 570 g/mol. The van der Waals surface area contributed by atoms with Gasteiger partial charge in [-0.1, -0.05) is 58.6 Å². The Morgan fingerprint density at radius 3 is 2.02 bits per heavy atom. The predicted octanol–water partition coefficient (Wildman–Crippen LogP) is 4.78. The number of hydrogen-bond donors (Lipinski definition) is 2. The molecule has 2 atom stereocenters. The van der Waals surface area contributed by atoms with Crippen molar-refractivity contribution in [2.45, 2.75) is 117 Å². The van der Waals surface area contributed by atoms with Gasteiger partial charge >= 0.3 is 5.97 Å². The maximum atomic E-state index is 13.6. The molecule has 3 rings (SSSR count). The van der Waals surface area contributed by atoms with Crippen LogP contribution < -0.4 is 10.6 Å². The number of hydrogen-bond acceptors (Lipinski definition) is 6. The highest BCUT2D eigenvalue weighted by molar-refractivity contribution is 6.21. The van der Waals surface area contributed by atoms with E-state index in [0.717, 1.165) is 25.7 Å². The lowest BCUT2D eigenvalue weighted by molar-refractivity contribution is -0.157. The Bertz CT molecular complexity index is 1090. The summed E-state index contributed by atoms with van der Waals surface area (Å²) in [5.41, 5.74) is -0.438. The molecule has 9 heteroatoms. The van der Waals surface area contributed by atoms with Crippen molar-refractivity contribution in [3.05, 3.63) is 35.4 Å². The molecule has 0 bridgehead atoms. The average Bonchev–Trinajstić information content (AvgIpc) is 3.12. The lowest BCUT2D eigenvalue weighted by Crippen LogP contribution is -2.56. The van der Waals surface area contributed by atoms with Crippen LogP contribution >= 0.6 is 0 Å². The minimum absolute atomic E-state index is 0.109. The van der Waals surface area contributed by atoms with Gasteiger partial charge in [-0.05, 0) is 64.0 Å². The van der Waals surface area contributed by atoms with Crippen molar-refractivity contribution in [3.8, 4) is 0 Å². The molecule has 1 heterocycles. The molecular weight excluding hydrogens is 522 g/mol. The van der Waals surface area contributed by atoms with Crippen molar-refractivity contribution < 1.29 is 28.7 Å². The lowest BCUT2D eigenvalue weighted by atomic mass is 9.84. The van der Waals surface area contributed by atoms with Gasteiger partial charge in [-0.3, -0.25) is 28.9 Å². The zero-order valence-electron chi connectivity index (χ0n) is 25.5. The molecule has 1 aliphatic carbocycles. The van der Waals surface area contributed by atoms with Crippen molar-refractivity contribution in [1.29, 1.82) is 0 Å². The van der Waals surface area contributed by atoms with Crippen LogP contribution in [0.3, 0.4) is 0 Å². The fourth-order valence-corrected chi connectivity index (χ4v) is 5.48. The molecule has 1 aliphatic heterocycles. The number of carbonyl (C=O) groups excluding carboxylic acids is 5. The number of carbonyl (C=O) groups is 5. The maximum Gasteiger partial charge on any atom is 0.307 e. The minimum Gasteiger partial charge on any atom is -0.460 e. The summed E-state index contributed by atoms with van der Waals surface area (Å²) in [4.78, 5) is 66.2. The van der Waals surface area contributed by atoms with E-state index in [-0.39, 0.29) is 42.6 Å². The topological polar surface area (TPSA) is 122 Å². The largest absolute Gasteiger partial charge is 0.460 e. The van der Waals surface area contributed by atoms with Crippen LogP contribution in [0, 0.1) is 11.3 Å². The minimum atomic E-state index is -0.767. The van der Waals surface area contributed by atoms with Gasteiger partial charge in [0.15, 0.2) is 0 Å². The molecule has 1 aromatic rings. The van der Waals surface area contributed by atoms with Crippen molar-refractivity contribution in [2.75, 3.05) is 6.54 Å². The molecular formula is C32H47N3O6. The van der Waals surface area contributed by atoms with Crippen LogP contribution in [-0.4, -0.2) is 58.7 Å². The number of rotatable bonds is 11. The number of fused-ring (bicyclic) bond motifs is 1. The van der Waals surface area contributed by atoms with E-state index in [1.807, 2.05) is 20.8 Å². The van der Waals surface area contributed by atoms with E-state index in [2.05, 4.69) is 10.6 Å². The van der Waals surface area contributed by atoms with Gasteiger partial charge in [-0.25, -0.2) is 0 Å². The molecule has 0 saturated heterocycles. The Balaban J connectivity index is 1.65. The van der Waals surface area contributed by atoms with Gasteiger partial charge in [0.1, 0.15) is 11.6 Å². The molecule has 1 saturated carbocycles. The molecule has 226 valence electrons. The third-order valence-electron chi connectivity index (χ3n) is 7.63. The third kappa shape index (κ3) is 9.13. The van der Waals surface area contributed by atoms with Gasteiger partial charge in [0.2, 0.25) is 11.8 Å². The van der Waals surface area contributed by atoms with E-state index in [1.54, 1.807) is 45.0 Å². The number of unbranched alkanes of at least 4 members (excludes halogenated alkanes) is 1. The lowest BCUT2D eigenvalue weighted by Gasteiger charge is -2.34. The standard InChI is InChI=1S/C32H47N3O6/c1-31(2,3)26(28(38)33-22-15-8-7-9-16-22)34-27(37)21(20-25(36)41-32(4,5)6)14-12-13-19-35-29(39)23-17-10-11-18-24(23)30(35)40/h10-11,17-18,21-22,26H,7-9,12-16,19-20H2,1-6H3,(H,33,38)(H,34,37)/t21-,26?/m1/s1. The molecule has 4 amide bonds. The highest BCUT2D eigenvalue weighted by Crippen LogP contribution is 2.26. The number of nitrogens with one attached hydrogen (secondary N) is 2. The summed E-state index contributed by atoms with van der Waals surface area (Å²) in [7, 11) is 0. The van der Waals surface area contributed by atoms with Crippen molar-refractivity contribution >= 4 is 29.6 Å². The number of amides is 4. The quantitative estimate of drug-likeness (QED) is 0.225. The monoisotopic (exact) mass is 569 g/mol. The van der Waals surface area contributed by atoms with E-state index in [0.29, 0.717) is 30.4 Å². The Morgan fingerprint density at radius 2 is 1.49 bits per heavy atom. The van der Waals surface area contributed by atoms with Crippen molar-refractivity contribution in [1.82, 2.24) is 15.5 Å². The molecule has 0 aromatic heterocycles. The number of nitrogens with zero attached hydrogens (tertiary/aromatic N) is 1. The van der Waals surface area contributed by atoms with Gasteiger partial charge in [0.25, 0.3) is 11.8 Å². The summed E-state index contributed by atoms with van der Waals surface area (Å²) in [5.74, 6) is -2.43. The Kier molecular flexibility index (Phi) is 10.7. The van der Waals surface area contributed by atoms with Crippen LogP contribution in [-0.2, 0) is 19.1 Å². The summed E-state index contributed by atoms with van der Waals surface area (Å²) in [6.07, 6.45) is 6.40. The van der Waals surface area contributed by atoms with Crippen LogP contribution in [0.15, 0.2) is 24.3 Å². The highest BCUT2D eigenvalue weighted by atomic mass is 16.6. The second kappa shape index (κ2) is 13.6. The van der Waals surface area contributed by atoms with E-state index in [4.69, 9.17) is 4.74 Å². The summed E-state index contributed by atoms with van der Waals surface area (Å²) in [6, 6.07) is 6.09. The molecule has 1 aromatic carbocycles. The summed E-state index contributed by atoms with van der Waals surface area (Å²) >= 11 is 0. The molecule has 1 unspecified atom stereocenters. The van der Waals surface area contributed by atoms with Crippen molar-refractivity contribution in [2.24, 2.45) is 11.3 Å².